The average Bonchev–Trinajstić information content (AvgIpc) is 2.86. The van der Waals surface area contributed by atoms with Gasteiger partial charge in [-0.15, -0.1) is 11.3 Å². The van der Waals surface area contributed by atoms with Gasteiger partial charge in [-0.3, -0.25) is 4.79 Å². The fraction of sp³-hybridized carbons (Fsp3) is 0.273. The van der Waals surface area contributed by atoms with Gasteiger partial charge in [-0.25, -0.2) is 4.98 Å². The van der Waals surface area contributed by atoms with Crippen LogP contribution < -0.4 is 5.73 Å². The highest BCUT2D eigenvalue weighted by molar-refractivity contribution is 7.15. The Bertz CT molecular complexity index is 514. The van der Waals surface area contributed by atoms with Crippen molar-refractivity contribution in [3.63, 3.8) is 0 Å². The van der Waals surface area contributed by atoms with Crippen molar-refractivity contribution in [2.24, 2.45) is 5.73 Å². The molecule has 0 aromatic carbocycles. The number of furan rings is 1. The molecule has 0 aliphatic rings. The minimum atomic E-state index is -0.568. The summed E-state index contributed by atoms with van der Waals surface area (Å²) in [7, 11) is 0. The van der Waals surface area contributed by atoms with Gasteiger partial charge in [-0.2, -0.15) is 0 Å². The molecule has 0 fully saturated rings. The first-order valence-electron chi connectivity index (χ1n) is 4.93. The standard InChI is InChI=1S/C11H12N2O2S/c1-6(2)8-5-13-11(16-8)7-3-4-15-9(7)10(12)14/h3-6H,1-2H3,(H2,12,14). The minimum absolute atomic E-state index is 0.171. The van der Waals surface area contributed by atoms with E-state index in [4.69, 9.17) is 10.2 Å². The second-order valence-electron chi connectivity index (χ2n) is 3.75. The lowest BCUT2D eigenvalue weighted by molar-refractivity contribution is 0.0975. The lowest BCUT2D eigenvalue weighted by Gasteiger charge is -1.96. The van der Waals surface area contributed by atoms with Crippen LogP contribution >= 0.6 is 11.3 Å². The molecule has 0 atom stereocenters. The Morgan fingerprint density at radius 2 is 2.31 bits per heavy atom. The van der Waals surface area contributed by atoms with Gasteiger partial charge in [-0.1, -0.05) is 13.8 Å². The van der Waals surface area contributed by atoms with E-state index in [1.54, 1.807) is 17.4 Å². The molecular weight excluding hydrogens is 224 g/mol. The van der Waals surface area contributed by atoms with Crippen molar-refractivity contribution in [1.82, 2.24) is 4.98 Å². The van der Waals surface area contributed by atoms with Crippen molar-refractivity contribution >= 4 is 17.2 Å². The van der Waals surface area contributed by atoms with Gasteiger partial charge in [0.1, 0.15) is 5.01 Å². The first kappa shape index (κ1) is 10.9. The largest absolute Gasteiger partial charge is 0.458 e. The van der Waals surface area contributed by atoms with Crippen LogP contribution in [0.5, 0.6) is 0 Å². The third-order valence-electron chi connectivity index (χ3n) is 2.21. The molecule has 16 heavy (non-hydrogen) atoms. The molecule has 1 amide bonds. The van der Waals surface area contributed by atoms with E-state index in [1.165, 1.54) is 11.1 Å². The Morgan fingerprint density at radius 1 is 1.56 bits per heavy atom. The Balaban J connectivity index is 2.42. The number of rotatable bonds is 3. The first-order valence-corrected chi connectivity index (χ1v) is 5.74. The number of nitrogens with zero attached hydrogens (tertiary/aromatic N) is 1. The molecule has 84 valence electrons. The molecule has 0 unspecified atom stereocenters. The van der Waals surface area contributed by atoms with Gasteiger partial charge in [0, 0.05) is 11.1 Å². The Morgan fingerprint density at radius 3 is 2.88 bits per heavy atom. The van der Waals surface area contributed by atoms with Crippen molar-refractivity contribution in [2.45, 2.75) is 19.8 Å². The predicted octanol–water partition coefficient (Wildman–Crippen LogP) is 2.63. The first-order chi connectivity index (χ1) is 7.59. The normalized spacial score (nSPS) is 10.9. The van der Waals surface area contributed by atoms with Crippen molar-refractivity contribution in [3.8, 4) is 10.6 Å². The van der Waals surface area contributed by atoms with E-state index in [1.807, 2.05) is 6.20 Å². The van der Waals surface area contributed by atoms with Gasteiger partial charge in [0.05, 0.1) is 11.8 Å². The predicted molar refractivity (Wildman–Crippen MR) is 62.4 cm³/mol. The summed E-state index contributed by atoms with van der Waals surface area (Å²) in [6, 6.07) is 1.71. The molecule has 0 spiro atoms. The summed E-state index contributed by atoms with van der Waals surface area (Å²) in [5, 5.41) is 0.770. The number of carbonyl (C=O) groups is 1. The maximum absolute atomic E-state index is 11.1. The molecule has 0 bridgehead atoms. The summed E-state index contributed by atoms with van der Waals surface area (Å²) in [6.45, 7) is 4.20. The second kappa shape index (κ2) is 4.09. The zero-order valence-electron chi connectivity index (χ0n) is 9.06. The maximum Gasteiger partial charge on any atom is 0.285 e. The number of hydrogen-bond donors (Lipinski definition) is 1. The average molecular weight is 236 g/mol. The van der Waals surface area contributed by atoms with Gasteiger partial charge >= 0.3 is 0 Å². The van der Waals surface area contributed by atoms with E-state index in [2.05, 4.69) is 18.8 Å². The van der Waals surface area contributed by atoms with E-state index in [0.29, 0.717) is 11.5 Å². The zero-order chi connectivity index (χ0) is 11.7. The molecule has 0 saturated heterocycles. The molecule has 2 aromatic rings. The number of hydrogen-bond acceptors (Lipinski definition) is 4. The van der Waals surface area contributed by atoms with Gasteiger partial charge in [0.25, 0.3) is 5.91 Å². The fourth-order valence-electron chi connectivity index (χ4n) is 1.35. The number of carbonyl (C=O) groups excluding carboxylic acids is 1. The molecule has 2 heterocycles. The molecule has 5 heteroatoms. The smallest absolute Gasteiger partial charge is 0.285 e. The van der Waals surface area contributed by atoms with Crippen molar-refractivity contribution in [1.29, 1.82) is 0 Å². The van der Waals surface area contributed by atoms with E-state index >= 15 is 0 Å². The van der Waals surface area contributed by atoms with Crippen LogP contribution in [0.15, 0.2) is 22.9 Å². The summed E-state index contributed by atoms with van der Waals surface area (Å²) in [6.07, 6.45) is 3.27. The molecule has 0 aliphatic heterocycles. The summed E-state index contributed by atoms with van der Waals surface area (Å²) in [5.74, 6) is 0.0288. The van der Waals surface area contributed by atoms with E-state index in [9.17, 15) is 4.79 Å². The maximum atomic E-state index is 11.1. The van der Waals surface area contributed by atoms with Crippen LogP contribution in [-0.4, -0.2) is 10.9 Å². The number of thiazole rings is 1. The topological polar surface area (TPSA) is 69.1 Å². The fourth-order valence-corrected chi connectivity index (χ4v) is 2.29. The number of nitrogens with two attached hydrogens (primary N) is 1. The number of amides is 1. The van der Waals surface area contributed by atoms with E-state index in [0.717, 1.165) is 5.01 Å². The van der Waals surface area contributed by atoms with Crippen molar-refractivity contribution in [3.05, 3.63) is 29.2 Å². The minimum Gasteiger partial charge on any atom is -0.458 e. The Labute approximate surface area is 97.1 Å². The molecule has 0 saturated carbocycles. The summed E-state index contributed by atoms with van der Waals surface area (Å²) >= 11 is 1.55. The van der Waals surface area contributed by atoms with Crippen LogP contribution in [-0.2, 0) is 0 Å². The third kappa shape index (κ3) is 1.86. The Kier molecular flexibility index (Phi) is 2.78. The molecule has 0 radical (unpaired) electrons. The van der Waals surface area contributed by atoms with E-state index in [-0.39, 0.29) is 5.76 Å². The lowest BCUT2D eigenvalue weighted by atomic mass is 10.2. The Hall–Kier alpha value is -1.62. The summed E-state index contributed by atoms with van der Waals surface area (Å²) in [4.78, 5) is 16.5. The summed E-state index contributed by atoms with van der Waals surface area (Å²) < 4.78 is 5.04. The van der Waals surface area contributed by atoms with Crippen LogP contribution in [0.1, 0.15) is 35.2 Å². The second-order valence-corrected chi connectivity index (χ2v) is 4.81. The lowest BCUT2D eigenvalue weighted by Crippen LogP contribution is -2.10. The molecule has 0 aliphatic carbocycles. The van der Waals surface area contributed by atoms with Crippen LogP contribution in [0.4, 0.5) is 0 Å². The van der Waals surface area contributed by atoms with Crippen LogP contribution in [0.2, 0.25) is 0 Å². The quantitative estimate of drug-likeness (QED) is 0.890. The van der Waals surface area contributed by atoms with Gasteiger partial charge < -0.3 is 10.2 Å². The van der Waals surface area contributed by atoms with Crippen LogP contribution in [0, 0.1) is 0 Å². The van der Waals surface area contributed by atoms with Gasteiger partial charge in [0.15, 0.2) is 0 Å². The number of aromatic nitrogens is 1. The van der Waals surface area contributed by atoms with Crippen molar-refractivity contribution in [2.75, 3.05) is 0 Å². The molecule has 4 nitrogen and oxygen atoms in total. The SMILES string of the molecule is CC(C)c1cnc(-c2ccoc2C(N)=O)s1. The molecule has 2 aromatic heterocycles. The summed E-state index contributed by atoms with van der Waals surface area (Å²) in [5.41, 5.74) is 5.88. The third-order valence-corrected chi connectivity index (χ3v) is 3.54. The van der Waals surface area contributed by atoms with E-state index < -0.39 is 5.91 Å². The zero-order valence-corrected chi connectivity index (χ0v) is 9.88. The van der Waals surface area contributed by atoms with Gasteiger partial charge in [0.2, 0.25) is 5.76 Å². The molecular formula is C11H12N2O2S. The number of primary amides is 1. The molecule has 2 rings (SSSR count). The van der Waals surface area contributed by atoms with Crippen molar-refractivity contribution < 1.29 is 9.21 Å². The highest BCUT2D eigenvalue weighted by Gasteiger charge is 2.17. The highest BCUT2D eigenvalue weighted by atomic mass is 32.1. The highest BCUT2D eigenvalue weighted by Crippen LogP contribution is 2.31. The van der Waals surface area contributed by atoms with Gasteiger partial charge in [-0.05, 0) is 12.0 Å². The molecule has 2 N–H and O–H groups in total. The van der Waals surface area contributed by atoms with Crippen LogP contribution in [0.3, 0.4) is 0 Å². The van der Waals surface area contributed by atoms with Crippen LogP contribution in [0.25, 0.3) is 10.6 Å². The monoisotopic (exact) mass is 236 g/mol.